The first kappa shape index (κ1) is 11.6. The molecule has 0 aliphatic carbocycles. The van der Waals surface area contributed by atoms with E-state index in [1.54, 1.807) is 0 Å². The van der Waals surface area contributed by atoms with Gasteiger partial charge in [-0.2, -0.15) is 11.8 Å². The predicted molar refractivity (Wildman–Crippen MR) is 74.2 cm³/mol. The van der Waals surface area contributed by atoms with Crippen molar-refractivity contribution >= 4 is 22.7 Å². The van der Waals surface area contributed by atoms with Crippen molar-refractivity contribution in [1.29, 1.82) is 0 Å². The maximum Gasteiger partial charge on any atom is 0.0485 e. The van der Waals surface area contributed by atoms with E-state index in [4.69, 9.17) is 0 Å². The van der Waals surface area contributed by atoms with Crippen molar-refractivity contribution in [3.8, 4) is 0 Å². The molecule has 0 saturated heterocycles. The minimum Gasteiger partial charge on any atom is -0.341 e. The number of aromatic nitrogens is 1. The fourth-order valence-electron chi connectivity index (χ4n) is 2.16. The number of fused-ring (bicyclic) bond motifs is 1. The number of para-hydroxylation sites is 1. The van der Waals surface area contributed by atoms with Gasteiger partial charge in [-0.3, -0.25) is 0 Å². The zero-order valence-electron chi connectivity index (χ0n) is 10.2. The summed E-state index contributed by atoms with van der Waals surface area (Å²) in [5, 5.41) is 1.36. The zero-order valence-corrected chi connectivity index (χ0v) is 11.1. The fraction of sp³-hybridized carbons (Fsp3) is 0.429. The van der Waals surface area contributed by atoms with Gasteiger partial charge in [-0.1, -0.05) is 25.1 Å². The molecular weight excluding hydrogens is 214 g/mol. The summed E-state index contributed by atoms with van der Waals surface area (Å²) in [6.45, 7) is 6.73. The maximum atomic E-state index is 2.46. The van der Waals surface area contributed by atoms with E-state index in [9.17, 15) is 0 Å². The molecule has 0 fully saturated rings. The van der Waals surface area contributed by atoms with Gasteiger partial charge in [-0.25, -0.2) is 0 Å². The number of nitrogens with zero attached hydrogens (tertiary/aromatic N) is 1. The number of thioether (sulfide) groups is 1. The molecule has 86 valence electrons. The second-order valence-corrected chi connectivity index (χ2v) is 5.57. The number of rotatable bonds is 4. The van der Waals surface area contributed by atoms with Crippen LogP contribution in [0.2, 0.25) is 0 Å². The van der Waals surface area contributed by atoms with Crippen LogP contribution in [0.5, 0.6) is 0 Å². The Kier molecular flexibility index (Phi) is 3.59. The standard InChI is InChI=1S/C14H19NS/c1-4-16-10-13-9-12-7-5-6-8-14(12)15(13)11(2)3/h5-9,11H,4,10H2,1-3H3. The number of benzene rings is 1. The maximum absolute atomic E-state index is 2.46. The highest BCUT2D eigenvalue weighted by Crippen LogP contribution is 2.26. The molecule has 1 heterocycles. The predicted octanol–water partition coefficient (Wildman–Crippen LogP) is 4.48. The largest absolute Gasteiger partial charge is 0.341 e. The summed E-state index contributed by atoms with van der Waals surface area (Å²) in [4.78, 5) is 0. The SMILES string of the molecule is CCSCc1cc2ccccc2n1C(C)C. The van der Waals surface area contributed by atoms with E-state index in [1.165, 1.54) is 22.3 Å². The molecule has 2 heteroatoms. The van der Waals surface area contributed by atoms with Gasteiger partial charge in [0, 0.05) is 23.0 Å². The first-order valence-electron chi connectivity index (χ1n) is 5.90. The highest BCUT2D eigenvalue weighted by Gasteiger charge is 2.10. The first-order chi connectivity index (χ1) is 7.74. The Labute approximate surface area is 102 Å². The zero-order chi connectivity index (χ0) is 11.5. The van der Waals surface area contributed by atoms with Gasteiger partial charge in [0.25, 0.3) is 0 Å². The average Bonchev–Trinajstić information content (AvgIpc) is 2.64. The number of hydrogen-bond donors (Lipinski definition) is 0. The van der Waals surface area contributed by atoms with Crippen LogP contribution in [0.25, 0.3) is 10.9 Å². The van der Waals surface area contributed by atoms with Gasteiger partial charge in [0.1, 0.15) is 0 Å². The summed E-state index contributed by atoms with van der Waals surface area (Å²) >= 11 is 1.99. The van der Waals surface area contributed by atoms with Gasteiger partial charge in [0.05, 0.1) is 0 Å². The lowest BCUT2D eigenvalue weighted by molar-refractivity contribution is 0.606. The van der Waals surface area contributed by atoms with Crippen LogP contribution >= 0.6 is 11.8 Å². The Bertz CT molecular complexity index is 471. The smallest absolute Gasteiger partial charge is 0.0485 e. The molecule has 2 aromatic rings. The Balaban J connectivity index is 2.50. The lowest BCUT2D eigenvalue weighted by Crippen LogP contribution is -2.04. The quantitative estimate of drug-likeness (QED) is 0.754. The Morgan fingerprint density at radius 2 is 2.00 bits per heavy atom. The molecule has 0 saturated carbocycles. The van der Waals surface area contributed by atoms with E-state index in [0.29, 0.717) is 6.04 Å². The molecule has 0 aliphatic heterocycles. The lowest BCUT2D eigenvalue weighted by Gasteiger charge is -2.14. The van der Waals surface area contributed by atoms with Gasteiger partial charge >= 0.3 is 0 Å². The molecule has 0 bridgehead atoms. The van der Waals surface area contributed by atoms with Crippen molar-refractivity contribution in [2.75, 3.05) is 5.75 Å². The average molecular weight is 233 g/mol. The van der Waals surface area contributed by atoms with E-state index in [0.717, 1.165) is 5.75 Å². The molecule has 0 radical (unpaired) electrons. The summed E-state index contributed by atoms with van der Waals surface area (Å²) in [6, 6.07) is 11.5. The van der Waals surface area contributed by atoms with Gasteiger partial charge in [0.2, 0.25) is 0 Å². The normalized spacial score (nSPS) is 11.5. The van der Waals surface area contributed by atoms with E-state index < -0.39 is 0 Å². The van der Waals surface area contributed by atoms with Gasteiger partial charge in [0.15, 0.2) is 0 Å². The third-order valence-corrected chi connectivity index (χ3v) is 3.71. The van der Waals surface area contributed by atoms with E-state index in [1.807, 2.05) is 11.8 Å². The van der Waals surface area contributed by atoms with Crippen LogP contribution in [0.4, 0.5) is 0 Å². The minimum atomic E-state index is 0.535. The molecule has 16 heavy (non-hydrogen) atoms. The second-order valence-electron chi connectivity index (χ2n) is 4.30. The molecule has 0 aliphatic rings. The van der Waals surface area contributed by atoms with Crippen molar-refractivity contribution in [3.05, 3.63) is 36.0 Å². The minimum absolute atomic E-state index is 0.535. The Hall–Kier alpha value is -0.890. The second kappa shape index (κ2) is 4.96. The van der Waals surface area contributed by atoms with Crippen LogP contribution in [0.15, 0.2) is 30.3 Å². The summed E-state index contributed by atoms with van der Waals surface area (Å²) in [6.07, 6.45) is 0. The Morgan fingerprint density at radius 3 is 2.69 bits per heavy atom. The van der Waals surface area contributed by atoms with E-state index >= 15 is 0 Å². The van der Waals surface area contributed by atoms with Crippen molar-refractivity contribution in [2.24, 2.45) is 0 Å². The summed E-state index contributed by atoms with van der Waals surface area (Å²) < 4.78 is 2.46. The van der Waals surface area contributed by atoms with Gasteiger partial charge < -0.3 is 4.57 Å². The third kappa shape index (κ3) is 2.12. The summed E-state index contributed by atoms with van der Waals surface area (Å²) in [5.41, 5.74) is 2.81. The highest BCUT2D eigenvalue weighted by atomic mass is 32.2. The van der Waals surface area contributed by atoms with Crippen molar-refractivity contribution < 1.29 is 0 Å². The molecule has 1 aromatic carbocycles. The molecule has 0 spiro atoms. The Morgan fingerprint density at radius 1 is 1.25 bits per heavy atom. The molecule has 1 aromatic heterocycles. The van der Waals surface area contributed by atoms with Crippen LogP contribution in [0.3, 0.4) is 0 Å². The van der Waals surface area contributed by atoms with Crippen molar-refractivity contribution in [2.45, 2.75) is 32.6 Å². The molecular formula is C14H19NS. The van der Waals surface area contributed by atoms with Crippen molar-refractivity contribution in [3.63, 3.8) is 0 Å². The highest BCUT2D eigenvalue weighted by molar-refractivity contribution is 7.98. The number of hydrogen-bond acceptors (Lipinski definition) is 1. The van der Waals surface area contributed by atoms with Crippen LogP contribution in [0.1, 0.15) is 32.5 Å². The van der Waals surface area contributed by atoms with Crippen LogP contribution in [0, 0.1) is 0 Å². The van der Waals surface area contributed by atoms with Gasteiger partial charge in [-0.15, -0.1) is 0 Å². The molecule has 0 amide bonds. The fourth-order valence-corrected chi connectivity index (χ4v) is 2.80. The van der Waals surface area contributed by atoms with E-state index in [2.05, 4.69) is 55.7 Å². The first-order valence-corrected chi connectivity index (χ1v) is 7.06. The molecule has 0 atom stereocenters. The van der Waals surface area contributed by atoms with Crippen LogP contribution < -0.4 is 0 Å². The van der Waals surface area contributed by atoms with Crippen molar-refractivity contribution in [1.82, 2.24) is 4.57 Å². The van der Waals surface area contributed by atoms with E-state index in [-0.39, 0.29) is 0 Å². The summed E-state index contributed by atoms with van der Waals surface area (Å²) in [7, 11) is 0. The van der Waals surface area contributed by atoms with Crippen LogP contribution in [-0.4, -0.2) is 10.3 Å². The molecule has 0 N–H and O–H groups in total. The molecule has 2 rings (SSSR count). The summed E-state index contributed by atoms with van der Waals surface area (Å²) in [5.74, 6) is 2.29. The third-order valence-electron chi connectivity index (χ3n) is 2.80. The lowest BCUT2D eigenvalue weighted by atomic mass is 10.2. The monoisotopic (exact) mass is 233 g/mol. The molecule has 0 unspecified atom stereocenters. The topological polar surface area (TPSA) is 4.93 Å². The van der Waals surface area contributed by atoms with Gasteiger partial charge in [-0.05, 0) is 37.1 Å². The molecule has 1 nitrogen and oxygen atoms in total. The van der Waals surface area contributed by atoms with Crippen LogP contribution in [-0.2, 0) is 5.75 Å².